The summed E-state index contributed by atoms with van der Waals surface area (Å²) in [5.74, 6) is 0.195. The number of likely N-dealkylation sites (tertiary alicyclic amines) is 1. The molecule has 24 heavy (non-hydrogen) atoms. The van der Waals surface area contributed by atoms with Crippen LogP contribution in [0.4, 0.5) is 0 Å². The van der Waals surface area contributed by atoms with Gasteiger partial charge in [0.05, 0.1) is 12.2 Å². The summed E-state index contributed by atoms with van der Waals surface area (Å²) < 4.78 is 6.04. The zero-order valence-electron chi connectivity index (χ0n) is 15.4. The fourth-order valence-corrected chi connectivity index (χ4v) is 5.31. The van der Waals surface area contributed by atoms with Gasteiger partial charge in [0.2, 0.25) is 5.91 Å². The van der Waals surface area contributed by atoms with Gasteiger partial charge in [-0.15, -0.1) is 0 Å². The molecule has 1 aliphatic heterocycles. The van der Waals surface area contributed by atoms with Crippen LogP contribution in [-0.2, 0) is 9.53 Å². The molecule has 1 saturated heterocycles. The molecule has 0 aromatic heterocycles. The lowest BCUT2D eigenvalue weighted by Gasteiger charge is -2.60. The number of aliphatic hydroxyl groups is 1. The van der Waals surface area contributed by atoms with E-state index in [9.17, 15) is 9.90 Å². The zero-order valence-corrected chi connectivity index (χ0v) is 15.4. The summed E-state index contributed by atoms with van der Waals surface area (Å²) in [5.41, 5.74) is 0.298. The smallest absolute Gasteiger partial charge is 0.222 e. The first-order valence-corrected chi connectivity index (χ1v) is 9.84. The van der Waals surface area contributed by atoms with E-state index in [1.54, 1.807) is 0 Å². The van der Waals surface area contributed by atoms with E-state index < -0.39 is 6.10 Å². The quantitative estimate of drug-likeness (QED) is 0.772. The van der Waals surface area contributed by atoms with Gasteiger partial charge in [-0.25, -0.2) is 0 Å². The number of carbonyl (C=O) groups is 1. The van der Waals surface area contributed by atoms with E-state index in [2.05, 4.69) is 18.9 Å². The van der Waals surface area contributed by atoms with Gasteiger partial charge in [0.25, 0.3) is 0 Å². The van der Waals surface area contributed by atoms with E-state index in [1.807, 2.05) is 4.90 Å². The molecule has 0 unspecified atom stereocenters. The van der Waals surface area contributed by atoms with Gasteiger partial charge in [-0.3, -0.25) is 4.79 Å². The Hall–Kier alpha value is -0.650. The number of β-amino-alcohol motifs (C(OH)–C–C–N with tert-alkyl or cyclic N) is 1. The van der Waals surface area contributed by atoms with Crippen molar-refractivity contribution in [1.82, 2.24) is 9.80 Å². The fourth-order valence-electron chi connectivity index (χ4n) is 5.31. The predicted octanol–water partition coefficient (Wildman–Crippen LogP) is 2.03. The summed E-state index contributed by atoms with van der Waals surface area (Å²) in [6, 6.07) is 0.512. The Labute approximate surface area is 146 Å². The fraction of sp³-hybridized carbons (Fsp3) is 0.947. The van der Waals surface area contributed by atoms with E-state index in [4.69, 9.17) is 4.74 Å². The molecule has 138 valence electrons. The van der Waals surface area contributed by atoms with Crippen LogP contribution >= 0.6 is 0 Å². The molecule has 3 rings (SSSR count). The van der Waals surface area contributed by atoms with E-state index in [0.29, 0.717) is 37.1 Å². The van der Waals surface area contributed by atoms with Crippen molar-refractivity contribution in [3.8, 4) is 0 Å². The molecule has 1 heterocycles. The third-order valence-corrected chi connectivity index (χ3v) is 6.53. The van der Waals surface area contributed by atoms with Crippen LogP contribution < -0.4 is 0 Å². The maximum Gasteiger partial charge on any atom is 0.222 e. The summed E-state index contributed by atoms with van der Waals surface area (Å²) in [7, 11) is 2.14. The molecule has 5 nitrogen and oxygen atoms in total. The number of likely N-dealkylation sites (N-methyl/N-ethyl adjacent to an activating group) is 1. The van der Waals surface area contributed by atoms with Crippen LogP contribution in [0.1, 0.15) is 58.3 Å². The third kappa shape index (κ3) is 3.49. The van der Waals surface area contributed by atoms with Gasteiger partial charge >= 0.3 is 0 Å². The Morgan fingerprint density at radius 1 is 1.33 bits per heavy atom. The first kappa shape index (κ1) is 18.2. The highest BCUT2D eigenvalue weighted by Gasteiger charge is 2.56. The molecule has 1 N–H and O–H groups in total. The van der Waals surface area contributed by atoms with Crippen LogP contribution in [-0.4, -0.2) is 72.4 Å². The van der Waals surface area contributed by atoms with Crippen molar-refractivity contribution in [1.29, 1.82) is 0 Å². The zero-order chi connectivity index (χ0) is 17.2. The maximum absolute atomic E-state index is 11.7. The highest BCUT2D eigenvalue weighted by atomic mass is 16.5. The number of aliphatic hydroxyl groups excluding tert-OH is 1. The first-order valence-electron chi connectivity index (χ1n) is 9.84. The Bertz CT molecular complexity index is 436. The molecule has 2 saturated carbocycles. The number of hydrogen-bond donors (Lipinski definition) is 1. The molecule has 5 heteroatoms. The molecule has 1 amide bonds. The van der Waals surface area contributed by atoms with E-state index in [1.165, 1.54) is 32.1 Å². The van der Waals surface area contributed by atoms with Crippen LogP contribution in [0.3, 0.4) is 0 Å². The standard InChI is InChI=1S/C19H34N2O3/c1-3-24-17-12-16(19(17)9-5-4-6-10-19)20(2)13-15(22)14-21-11-7-8-18(21)23/h15-17,22H,3-14H2,1-2H3/t15-,16+,17+/m0/s1. The first-order chi connectivity index (χ1) is 11.6. The van der Waals surface area contributed by atoms with Gasteiger partial charge < -0.3 is 19.6 Å². The van der Waals surface area contributed by atoms with Gasteiger partial charge in [0, 0.05) is 44.1 Å². The maximum atomic E-state index is 11.7. The van der Waals surface area contributed by atoms with Crippen molar-refractivity contribution in [2.75, 3.05) is 33.3 Å². The molecule has 2 aliphatic carbocycles. The van der Waals surface area contributed by atoms with Crippen LogP contribution in [0, 0.1) is 5.41 Å². The van der Waals surface area contributed by atoms with Gasteiger partial charge in [-0.05, 0) is 39.7 Å². The van der Waals surface area contributed by atoms with Crippen molar-refractivity contribution >= 4 is 5.91 Å². The lowest BCUT2D eigenvalue weighted by molar-refractivity contribution is -0.181. The number of nitrogens with zero attached hydrogens (tertiary/aromatic N) is 2. The minimum absolute atomic E-state index is 0.195. The molecule has 3 aliphatic rings. The summed E-state index contributed by atoms with van der Waals surface area (Å²) in [6.45, 7) is 4.82. The molecule has 1 spiro atoms. The number of amides is 1. The monoisotopic (exact) mass is 338 g/mol. The molecule has 3 fully saturated rings. The largest absolute Gasteiger partial charge is 0.390 e. The van der Waals surface area contributed by atoms with Crippen LogP contribution in [0.15, 0.2) is 0 Å². The van der Waals surface area contributed by atoms with Crippen molar-refractivity contribution in [2.24, 2.45) is 5.41 Å². The minimum Gasteiger partial charge on any atom is -0.390 e. The van der Waals surface area contributed by atoms with Crippen LogP contribution in [0.25, 0.3) is 0 Å². The van der Waals surface area contributed by atoms with Gasteiger partial charge in [-0.1, -0.05) is 19.3 Å². The summed E-state index contributed by atoms with van der Waals surface area (Å²) in [5, 5.41) is 10.5. The highest BCUT2D eigenvalue weighted by molar-refractivity contribution is 5.78. The van der Waals surface area contributed by atoms with E-state index in [-0.39, 0.29) is 5.91 Å². The Morgan fingerprint density at radius 3 is 2.71 bits per heavy atom. The molecule has 0 aromatic rings. The normalized spacial score (nSPS) is 30.8. The topological polar surface area (TPSA) is 53.0 Å². The summed E-state index contributed by atoms with van der Waals surface area (Å²) in [6.07, 6.45) is 9.07. The van der Waals surface area contributed by atoms with Crippen molar-refractivity contribution in [2.45, 2.75) is 76.5 Å². The molecule has 3 atom stereocenters. The van der Waals surface area contributed by atoms with Gasteiger partial charge in [0.15, 0.2) is 0 Å². The predicted molar refractivity (Wildman–Crippen MR) is 93.8 cm³/mol. The minimum atomic E-state index is -0.455. The molecule has 0 radical (unpaired) electrons. The van der Waals surface area contributed by atoms with Gasteiger partial charge in [0.1, 0.15) is 0 Å². The summed E-state index contributed by atoms with van der Waals surface area (Å²) >= 11 is 0. The molecular weight excluding hydrogens is 304 g/mol. The number of hydrogen-bond acceptors (Lipinski definition) is 4. The second-order valence-electron chi connectivity index (χ2n) is 8.03. The lowest BCUT2D eigenvalue weighted by atomic mass is 9.54. The average Bonchev–Trinajstić information content (AvgIpc) is 2.96. The average molecular weight is 338 g/mol. The molecule has 0 bridgehead atoms. The van der Waals surface area contributed by atoms with E-state index >= 15 is 0 Å². The lowest BCUT2D eigenvalue weighted by Crippen LogP contribution is -2.65. The number of carbonyl (C=O) groups excluding carboxylic acids is 1. The highest BCUT2D eigenvalue weighted by Crippen LogP contribution is 2.55. The third-order valence-electron chi connectivity index (χ3n) is 6.53. The van der Waals surface area contributed by atoms with Crippen molar-refractivity contribution < 1.29 is 14.6 Å². The van der Waals surface area contributed by atoms with Crippen LogP contribution in [0.5, 0.6) is 0 Å². The number of ether oxygens (including phenoxy) is 1. The second-order valence-corrected chi connectivity index (χ2v) is 8.03. The number of rotatable bonds is 7. The van der Waals surface area contributed by atoms with Crippen LogP contribution in [0.2, 0.25) is 0 Å². The van der Waals surface area contributed by atoms with E-state index in [0.717, 1.165) is 26.0 Å². The molecular formula is C19H34N2O3. The Kier molecular flexibility index (Phi) is 5.83. The second kappa shape index (κ2) is 7.71. The Morgan fingerprint density at radius 2 is 2.08 bits per heavy atom. The molecule has 0 aromatic carbocycles. The Balaban J connectivity index is 1.55. The SMILES string of the molecule is CCO[C@@H]1C[C@@H](N(C)C[C@H](O)CN2CCCC2=O)C12CCCCC2. The summed E-state index contributed by atoms with van der Waals surface area (Å²) in [4.78, 5) is 15.9. The van der Waals surface area contributed by atoms with Gasteiger partial charge in [-0.2, -0.15) is 0 Å². The van der Waals surface area contributed by atoms with Crippen molar-refractivity contribution in [3.05, 3.63) is 0 Å². The van der Waals surface area contributed by atoms with Crippen molar-refractivity contribution in [3.63, 3.8) is 0 Å².